The van der Waals surface area contributed by atoms with Crippen molar-refractivity contribution in [2.24, 2.45) is 5.92 Å². The number of ether oxygens (including phenoxy) is 2. The van der Waals surface area contributed by atoms with Crippen molar-refractivity contribution in [1.82, 2.24) is 5.32 Å². The van der Waals surface area contributed by atoms with Crippen molar-refractivity contribution < 1.29 is 9.47 Å². The van der Waals surface area contributed by atoms with Crippen LogP contribution in [0.4, 0.5) is 0 Å². The minimum absolute atomic E-state index is 0.0239. The van der Waals surface area contributed by atoms with E-state index in [2.05, 4.69) is 33.0 Å². The second-order valence-corrected chi connectivity index (χ2v) is 7.36. The SMILES string of the molecule is CCCC1CCC(CNC(C)(C)C)(OCCOC)CC1. The molecule has 20 heavy (non-hydrogen) atoms. The van der Waals surface area contributed by atoms with Crippen LogP contribution in [0.1, 0.15) is 66.2 Å². The van der Waals surface area contributed by atoms with E-state index in [0.29, 0.717) is 13.2 Å². The maximum Gasteiger partial charge on any atom is 0.0807 e. The molecule has 0 aliphatic heterocycles. The first kappa shape index (κ1) is 17.9. The van der Waals surface area contributed by atoms with Crippen molar-refractivity contribution in [2.45, 2.75) is 77.4 Å². The van der Waals surface area contributed by atoms with E-state index in [-0.39, 0.29) is 11.1 Å². The van der Waals surface area contributed by atoms with Crippen molar-refractivity contribution >= 4 is 0 Å². The molecule has 1 rings (SSSR count). The molecule has 0 aromatic carbocycles. The van der Waals surface area contributed by atoms with Crippen molar-refractivity contribution in [3.05, 3.63) is 0 Å². The zero-order valence-electron chi connectivity index (χ0n) is 14.3. The maximum atomic E-state index is 6.25. The van der Waals surface area contributed by atoms with E-state index in [9.17, 15) is 0 Å². The second-order valence-electron chi connectivity index (χ2n) is 7.36. The summed E-state index contributed by atoms with van der Waals surface area (Å²) in [5.74, 6) is 0.911. The van der Waals surface area contributed by atoms with Gasteiger partial charge in [-0.1, -0.05) is 19.8 Å². The van der Waals surface area contributed by atoms with Gasteiger partial charge in [0, 0.05) is 19.2 Å². The molecule has 3 heteroatoms. The van der Waals surface area contributed by atoms with Gasteiger partial charge in [-0.2, -0.15) is 0 Å². The molecule has 0 aromatic heterocycles. The van der Waals surface area contributed by atoms with Gasteiger partial charge in [0.25, 0.3) is 0 Å². The molecule has 1 fully saturated rings. The Balaban J connectivity index is 2.52. The van der Waals surface area contributed by atoms with E-state index in [1.807, 2.05) is 0 Å². The standard InChI is InChI=1S/C17H35NO2/c1-6-7-15-8-10-17(11-9-15,20-13-12-19-5)14-18-16(2,3)4/h15,18H,6-14H2,1-5H3. The van der Waals surface area contributed by atoms with Gasteiger partial charge in [-0.25, -0.2) is 0 Å². The van der Waals surface area contributed by atoms with Gasteiger partial charge < -0.3 is 14.8 Å². The van der Waals surface area contributed by atoms with Crippen molar-refractivity contribution in [3.8, 4) is 0 Å². The fourth-order valence-electron chi connectivity index (χ4n) is 3.04. The molecule has 3 nitrogen and oxygen atoms in total. The average molecular weight is 285 g/mol. The first-order valence-electron chi connectivity index (χ1n) is 8.29. The summed E-state index contributed by atoms with van der Waals surface area (Å²) in [5, 5.41) is 3.64. The van der Waals surface area contributed by atoms with Gasteiger partial charge in [-0.05, 0) is 52.4 Å². The third-order valence-corrected chi connectivity index (χ3v) is 4.35. The number of hydrogen-bond acceptors (Lipinski definition) is 3. The van der Waals surface area contributed by atoms with Crippen LogP contribution in [0.25, 0.3) is 0 Å². The summed E-state index contributed by atoms with van der Waals surface area (Å²) in [7, 11) is 1.74. The molecule has 1 aliphatic carbocycles. The number of methoxy groups -OCH3 is 1. The van der Waals surface area contributed by atoms with Crippen LogP contribution in [0.3, 0.4) is 0 Å². The largest absolute Gasteiger partial charge is 0.382 e. The van der Waals surface area contributed by atoms with E-state index in [1.165, 1.54) is 38.5 Å². The molecule has 0 saturated heterocycles. The van der Waals surface area contributed by atoms with Crippen LogP contribution >= 0.6 is 0 Å². The molecule has 0 bridgehead atoms. The van der Waals surface area contributed by atoms with Crippen LogP contribution in [0.2, 0.25) is 0 Å². The molecular weight excluding hydrogens is 250 g/mol. The Morgan fingerprint density at radius 1 is 1.15 bits per heavy atom. The van der Waals surface area contributed by atoms with E-state index in [0.717, 1.165) is 12.5 Å². The third kappa shape index (κ3) is 6.55. The molecule has 0 spiro atoms. The molecular formula is C17H35NO2. The fourth-order valence-corrected chi connectivity index (χ4v) is 3.04. The lowest BCUT2D eigenvalue weighted by Crippen LogP contribution is -2.51. The molecule has 0 amide bonds. The minimum Gasteiger partial charge on any atom is -0.382 e. The molecule has 0 heterocycles. The monoisotopic (exact) mass is 285 g/mol. The van der Waals surface area contributed by atoms with Gasteiger partial charge in [-0.15, -0.1) is 0 Å². The lowest BCUT2D eigenvalue weighted by molar-refractivity contribution is -0.0919. The lowest BCUT2D eigenvalue weighted by atomic mass is 9.76. The van der Waals surface area contributed by atoms with Crippen molar-refractivity contribution in [2.75, 3.05) is 26.9 Å². The summed E-state index contributed by atoms with van der Waals surface area (Å²) in [5.41, 5.74) is 0.175. The summed E-state index contributed by atoms with van der Waals surface area (Å²) >= 11 is 0. The lowest BCUT2D eigenvalue weighted by Gasteiger charge is -2.42. The van der Waals surface area contributed by atoms with Crippen LogP contribution in [0.5, 0.6) is 0 Å². The summed E-state index contributed by atoms with van der Waals surface area (Å²) < 4.78 is 11.4. The summed E-state index contributed by atoms with van der Waals surface area (Å²) in [4.78, 5) is 0. The number of rotatable bonds is 8. The molecule has 120 valence electrons. The Morgan fingerprint density at radius 3 is 2.30 bits per heavy atom. The van der Waals surface area contributed by atoms with E-state index in [1.54, 1.807) is 7.11 Å². The quantitative estimate of drug-likeness (QED) is 0.689. The highest BCUT2D eigenvalue weighted by Gasteiger charge is 2.36. The van der Waals surface area contributed by atoms with Gasteiger partial charge in [0.15, 0.2) is 0 Å². The topological polar surface area (TPSA) is 30.5 Å². The molecule has 1 N–H and O–H groups in total. The zero-order chi connectivity index (χ0) is 15.1. The fraction of sp³-hybridized carbons (Fsp3) is 1.00. The van der Waals surface area contributed by atoms with Crippen LogP contribution in [0, 0.1) is 5.92 Å². The molecule has 0 unspecified atom stereocenters. The highest BCUT2D eigenvalue weighted by atomic mass is 16.5. The molecule has 1 saturated carbocycles. The van der Waals surface area contributed by atoms with E-state index in [4.69, 9.17) is 9.47 Å². The molecule has 0 aromatic rings. The third-order valence-electron chi connectivity index (χ3n) is 4.35. The maximum absolute atomic E-state index is 6.25. The molecule has 0 radical (unpaired) electrons. The Morgan fingerprint density at radius 2 is 1.80 bits per heavy atom. The van der Waals surface area contributed by atoms with Crippen LogP contribution in [-0.4, -0.2) is 38.0 Å². The number of hydrogen-bond donors (Lipinski definition) is 1. The van der Waals surface area contributed by atoms with E-state index >= 15 is 0 Å². The Labute approximate surface area is 125 Å². The van der Waals surface area contributed by atoms with Gasteiger partial charge in [0.2, 0.25) is 0 Å². The predicted octanol–water partition coefficient (Wildman–Crippen LogP) is 3.77. The van der Waals surface area contributed by atoms with Gasteiger partial charge in [0.05, 0.1) is 18.8 Å². The van der Waals surface area contributed by atoms with Gasteiger partial charge in [-0.3, -0.25) is 0 Å². The highest BCUT2D eigenvalue weighted by Crippen LogP contribution is 2.36. The highest BCUT2D eigenvalue weighted by molar-refractivity contribution is 4.91. The molecule has 1 aliphatic rings. The van der Waals surface area contributed by atoms with Crippen LogP contribution in [-0.2, 0) is 9.47 Å². The zero-order valence-corrected chi connectivity index (χ0v) is 14.3. The van der Waals surface area contributed by atoms with Crippen molar-refractivity contribution in [1.29, 1.82) is 0 Å². The average Bonchev–Trinajstić information content (AvgIpc) is 2.39. The smallest absolute Gasteiger partial charge is 0.0807 e. The number of nitrogens with one attached hydrogen (secondary N) is 1. The van der Waals surface area contributed by atoms with Crippen molar-refractivity contribution in [3.63, 3.8) is 0 Å². The van der Waals surface area contributed by atoms with E-state index < -0.39 is 0 Å². The Hall–Kier alpha value is -0.120. The summed E-state index contributed by atoms with van der Waals surface area (Å²) in [6.45, 7) is 11.3. The predicted molar refractivity (Wildman–Crippen MR) is 85.2 cm³/mol. The van der Waals surface area contributed by atoms with Gasteiger partial charge in [0.1, 0.15) is 0 Å². The normalized spacial score (nSPS) is 27.8. The van der Waals surface area contributed by atoms with Crippen LogP contribution < -0.4 is 5.32 Å². The second kappa shape index (κ2) is 8.35. The van der Waals surface area contributed by atoms with Gasteiger partial charge >= 0.3 is 0 Å². The first-order chi connectivity index (χ1) is 9.41. The summed E-state index contributed by atoms with van der Waals surface area (Å²) in [6, 6.07) is 0. The Bertz CT molecular complexity index is 252. The first-order valence-corrected chi connectivity index (χ1v) is 8.29. The van der Waals surface area contributed by atoms with Crippen LogP contribution in [0.15, 0.2) is 0 Å². The minimum atomic E-state index is 0.0239. The molecule has 0 atom stereocenters. The Kier molecular flexibility index (Phi) is 7.49. The summed E-state index contributed by atoms with van der Waals surface area (Å²) in [6.07, 6.45) is 7.68.